The summed E-state index contributed by atoms with van der Waals surface area (Å²) in [7, 11) is 1.74. The number of amidine groups is 1. The van der Waals surface area contributed by atoms with Crippen molar-refractivity contribution in [2.45, 2.75) is 20.8 Å². The molecule has 0 fully saturated rings. The number of allylic oxidation sites excluding steroid dienone is 1. The fourth-order valence-corrected chi connectivity index (χ4v) is 3.52. The summed E-state index contributed by atoms with van der Waals surface area (Å²) in [6.07, 6.45) is 3.78. The van der Waals surface area contributed by atoms with E-state index in [1.165, 1.54) is 0 Å². The summed E-state index contributed by atoms with van der Waals surface area (Å²) >= 11 is 1.61. The largest absolute Gasteiger partial charge is 0.401 e. The fourth-order valence-electron chi connectivity index (χ4n) is 2.61. The number of fused-ring (bicyclic) bond motifs is 1. The van der Waals surface area contributed by atoms with E-state index in [1.807, 2.05) is 30.5 Å². The first-order valence-corrected chi connectivity index (χ1v) is 9.95. The molecule has 0 aliphatic carbocycles. The van der Waals surface area contributed by atoms with Crippen LogP contribution in [0.3, 0.4) is 0 Å². The Morgan fingerprint density at radius 2 is 1.89 bits per heavy atom. The molecule has 5 heteroatoms. The van der Waals surface area contributed by atoms with E-state index >= 15 is 0 Å². The Bertz CT molecular complexity index is 1050. The molecule has 3 rings (SSSR count). The minimum atomic E-state index is -0.117. The van der Waals surface area contributed by atoms with Crippen LogP contribution in [0.1, 0.15) is 25.6 Å². The molecule has 28 heavy (non-hydrogen) atoms. The summed E-state index contributed by atoms with van der Waals surface area (Å²) < 4.78 is 0. The van der Waals surface area contributed by atoms with Crippen LogP contribution in [0.25, 0.3) is 27.0 Å². The van der Waals surface area contributed by atoms with E-state index in [0.29, 0.717) is 5.84 Å². The highest BCUT2D eigenvalue weighted by atomic mass is 32.1. The van der Waals surface area contributed by atoms with Crippen molar-refractivity contribution in [3.05, 3.63) is 71.9 Å². The predicted octanol–water partition coefficient (Wildman–Crippen LogP) is 5.44. The smallest absolute Gasteiger partial charge is 0.126 e. The molecule has 2 aromatic heterocycles. The Labute approximate surface area is 170 Å². The summed E-state index contributed by atoms with van der Waals surface area (Å²) in [5, 5.41) is 4.38. The second kappa shape index (κ2) is 7.98. The number of aliphatic imine (C=N–C) groups is 1. The van der Waals surface area contributed by atoms with E-state index in [1.54, 1.807) is 18.4 Å². The molecule has 2 heterocycles. The van der Waals surface area contributed by atoms with Gasteiger partial charge in [0.15, 0.2) is 0 Å². The molecule has 0 saturated carbocycles. The lowest BCUT2D eigenvalue weighted by atomic mass is 9.92. The van der Waals surface area contributed by atoms with Crippen LogP contribution in [0.4, 0.5) is 0 Å². The van der Waals surface area contributed by atoms with Crippen LogP contribution >= 0.6 is 11.3 Å². The van der Waals surface area contributed by atoms with E-state index in [9.17, 15) is 0 Å². The van der Waals surface area contributed by atoms with Crippen LogP contribution in [0.5, 0.6) is 0 Å². The first-order valence-electron chi connectivity index (χ1n) is 9.13. The average molecular weight is 391 g/mol. The Balaban J connectivity index is 1.84. The van der Waals surface area contributed by atoms with Crippen molar-refractivity contribution >= 4 is 33.1 Å². The molecule has 0 unspecified atom stereocenters. The molecule has 0 spiro atoms. The Kier molecular flexibility index (Phi) is 5.66. The third-order valence-electron chi connectivity index (χ3n) is 4.45. The Morgan fingerprint density at radius 1 is 1.18 bits per heavy atom. The molecule has 0 aliphatic heterocycles. The quantitative estimate of drug-likeness (QED) is 0.460. The summed E-state index contributed by atoms with van der Waals surface area (Å²) in [6.45, 7) is 10.4. The van der Waals surface area contributed by atoms with Crippen molar-refractivity contribution in [3.8, 4) is 11.1 Å². The number of nitrogens with zero attached hydrogens (tertiary/aromatic N) is 2. The maximum atomic E-state index is 6.18. The van der Waals surface area contributed by atoms with Gasteiger partial charge in [0.1, 0.15) is 10.7 Å². The highest BCUT2D eigenvalue weighted by molar-refractivity contribution is 7.19. The molecule has 0 atom stereocenters. The van der Waals surface area contributed by atoms with Gasteiger partial charge in [-0.25, -0.2) is 4.98 Å². The van der Waals surface area contributed by atoms with Crippen LogP contribution < -0.4 is 11.1 Å². The van der Waals surface area contributed by atoms with Gasteiger partial charge >= 0.3 is 0 Å². The molecule has 4 nitrogen and oxygen atoms in total. The Hall–Kier alpha value is -2.92. The minimum absolute atomic E-state index is 0.117. The van der Waals surface area contributed by atoms with Gasteiger partial charge in [-0.2, -0.15) is 0 Å². The van der Waals surface area contributed by atoms with Crippen LogP contribution in [0.2, 0.25) is 0 Å². The molecular weight excluding hydrogens is 364 g/mol. The fraction of sp³-hybridized carbons (Fsp3) is 0.217. The molecule has 144 valence electrons. The maximum Gasteiger partial charge on any atom is 0.126 e. The molecule has 0 amide bonds. The van der Waals surface area contributed by atoms with Crippen molar-refractivity contribution < 1.29 is 0 Å². The number of rotatable bonds is 4. The number of benzene rings is 1. The second-order valence-corrected chi connectivity index (χ2v) is 8.69. The number of aromatic nitrogens is 1. The number of hydrogen-bond donors (Lipinski definition) is 2. The Morgan fingerprint density at radius 3 is 2.54 bits per heavy atom. The highest BCUT2D eigenvalue weighted by Gasteiger charge is 2.15. The molecule has 0 bridgehead atoms. The monoisotopic (exact) mass is 390 g/mol. The second-order valence-electron chi connectivity index (χ2n) is 7.66. The molecule has 0 aliphatic rings. The van der Waals surface area contributed by atoms with Crippen molar-refractivity contribution in [1.29, 1.82) is 0 Å². The van der Waals surface area contributed by atoms with E-state index in [4.69, 9.17) is 5.73 Å². The van der Waals surface area contributed by atoms with Gasteiger partial charge in [0.2, 0.25) is 0 Å². The first kappa shape index (κ1) is 19.8. The number of nitrogens with one attached hydrogen (secondary N) is 1. The molecule has 3 aromatic rings. The predicted molar refractivity (Wildman–Crippen MR) is 122 cm³/mol. The molecule has 3 N–H and O–H groups in total. The van der Waals surface area contributed by atoms with Gasteiger partial charge in [-0.05, 0) is 23.8 Å². The number of hydrogen-bond acceptors (Lipinski definition) is 4. The third-order valence-corrected chi connectivity index (χ3v) is 5.57. The topological polar surface area (TPSA) is 63.3 Å². The van der Waals surface area contributed by atoms with Crippen molar-refractivity contribution in [1.82, 2.24) is 10.3 Å². The lowest BCUT2D eigenvalue weighted by Gasteiger charge is -2.19. The first-order chi connectivity index (χ1) is 13.3. The zero-order valence-electron chi connectivity index (χ0n) is 16.8. The summed E-state index contributed by atoms with van der Waals surface area (Å²) in [5.74, 6) is 0.688. The van der Waals surface area contributed by atoms with E-state index in [0.717, 1.165) is 37.6 Å². The van der Waals surface area contributed by atoms with Gasteiger partial charge in [0.05, 0.1) is 4.88 Å². The van der Waals surface area contributed by atoms with Crippen LogP contribution in [0.15, 0.2) is 72.0 Å². The normalized spacial score (nSPS) is 13.0. The summed E-state index contributed by atoms with van der Waals surface area (Å²) in [4.78, 5) is 10.9. The van der Waals surface area contributed by atoms with Gasteiger partial charge in [-0.15, -0.1) is 11.3 Å². The van der Waals surface area contributed by atoms with Crippen molar-refractivity contribution in [2.75, 3.05) is 7.05 Å². The number of pyridine rings is 1. The van der Waals surface area contributed by atoms with Gasteiger partial charge in [-0.3, -0.25) is 4.99 Å². The van der Waals surface area contributed by atoms with E-state index in [-0.39, 0.29) is 5.41 Å². The van der Waals surface area contributed by atoms with Gasteiger partial charge < -0.3 is 11.1 Å². The average Bonchev–Trinajstić information content (AvgIpc) is 3.10. The maximum absolute atomic E-state index is 6.18. The van der Waals surface area contributed by atoms with E-state index < -0.39 is 0 Å². The van der Waals surface area contributed by atoms with Gasteiger partial charge in [0.25, 0.3) is 0 Å². The third kappa shape index (κ3) is 4.49. The zero-order valence-corrected chi connectivity index (χ0v) is 17.6. The van der Waals surface area contributed by atoms with Crippen LogP contribution in [-0.4, -0.2) is 17.9 Å². The molecule has 0 radical (unpaired) electrons. The van der Waals surface area contributed by atoms with E-state index in [2.05, 4.69) is 66.9 Å². The van der Waals surface area contributed by atoms with Crippen molar-refractivity contribution in [3.63, 3.8) is 0 Å². The highest BCUT2D eigenvalue weighted by Crippen LogP contribution is 2.30. The molecular formula is C23H26N4S. The number of thiophene rings is 1. The van der Waals surface area contributed by atoms with Crippen LogP contribution in [0, 0.1) is 5.41 Å². The lowest BCUT2D eigenvalue weighted by molar-refractivity contribution is 0.498. The standard InChI is InChI=1S/C23H26N4S/c1-15(27-21(25-5)13-20(24)23(2,3)4)19-12-17-11-18(14-26-22(17)28-19)16-9-7-6-8-10-16/h6-14H,1,24H2,2-5H3,(H,25,27)/b20-13-. The molecule has 1 aromatic carbocycles. The SMILES string of the molecule is C=C(NC(/C=C(\N)C(C)(C)C)=NC)c1cc2cc(-c3ccccc3)cnc2s1. The minimum Gasteiger partial charge on any atom is -0.401 e. The number of nitrogens with two attached hydrogens (primary N) is 1. The lowest BCUT2D eigenvalue weighted by Crippen LogP contribution is -2.24. The van der Waals surface area contributed by atoms with Gasteiger partial charge in [-0.1, -0.05) is 57.7 Å². The van der Waals surface area contributed by atoms with Crippen LogP contribution in [-0.2, 0) is 0 Å². The molecule has 0 saturated heterocycles. The van der Waals surface area contributed by atoms with Gasteiger partial charge in [0, 0.05) is 41.0 Å². The zero-order chi connectivity index (χ0) is 20.3. The summed E-state index contributed by atoms with van der Waals surface area (Å²) in [5.41, 5.74) is 9.87. The van der Waals surface area contributed by atoms with Crippen molar-refractivity contribution in [2.24, 2.45) is 16.1 Å². The summed E-state index contributed by atoms with van der Waals surface area (Å²) in [6, 6.07) is 14.5.